The second-order valence-electron chi connectivity index (χ2n) is 5.37. The zero-order valence-electron chi connectivity index (χ0n) is 13.3. The van der Waals surface area contributed by atoms with Gasteiger partial charge in [-0.15, -0.1) is 0 Å². The number of methoxy groups -OCH3 is 1. The van der Waals surface area contributed by atoms with Crippen LogP contribution in [0.3, 0.4) is 0 Å². The summed E-state index contributed by atoms with van der Waals surface area (Å²) >= 11 is 0. The molecule has 1 unspecified atom stereocenters. The predicted octanol–water partition coefficient (Wildman–Crippen LogP) is 1.97. The van der Waals surface area contributed by atoms with E-state index in [4.69, 9.17) is 10.5 Å². The largest absolute Gasteiger partial charge is 0.497 e. The molecule has 0 heterocycles. The highest BCUT2D eigenvalue weighted by Gasteiger charge is 2.18. The van der Waals surface area contributed by atoms with Crippen molar-refractivity contribution >= 4 is 0 Å². The Morgan fingerprint density at radius 3 is 2.50 bits per heavy atom. The Labute approximate surface area is 123 Å². The van der Waals surface area contributed by atoms with Gasteiger partial charge < -0.3 is 15.4 Å². The first kappa shape index (κ1) is 17.0. The molecule has 0 bridgehead atoms. The Morgan fingerprint density at radius 2 is 1.95 bits per heavy atom. The maximum atomic E-state index is 6.04. The van der Waals surface area contributed by atoms with Crippen LogP contribution in [0.1, 0.15) is 24.9 Å². The maximum Gasteiger partial charge on any atom is 0.119 e. The van der Waals surface area contributed by atoms with E-state index >= 15 is 0 Å². The summed E-state index contributed by atoms with van der Waals surface area (Å²) in [5.74, 6) is 0.894. The Hall–Kier alpha value is -1.10. The minimum Gasteiger partial charge on any atom is -0.497 e. The van der Waals surface area contributed by atoms with Crippen molar-refractivity contribution in [2.24, 2.45) is 5.73 Å². The number of benzene rings is 1. The van der Waals surface area contributed by atoms with Gasteiger partial charge in [-0.2, -0.15) is 0 Å². The normalized spacial score (nSPS) is 12.9. The highest BCUT2D eigenvalue weighted by molar-refractivity contribution is 5.30. The molecule has 0 aliphatic carbocycles. The molecule has 0 fully saturated rings. The minimum atomic E-state index is 0.255. The Morgan fingerprint density at radius 1 is 1.20 bits per heavy atom. The third-order valence-electron chi connectivity index (χ3n) is 3.49. The van der Waals surface area contributed by atoms with Crippen LogP contribution in [0.25, 0.3) is 0 Å². The molecule has 0 saturated heterocycles. The molecular formula is C16H29N3O. The lowest BCUT2D eigenvalue weighted by Gasteiger charge is -2.32. The number of likely N-dealkylation sites (N-methyl/N-ethyl adjacent to an activating group) is 1. The molecule has 1 atom stereocenters. The molecule has 1 aromatic rings. The number of ether oxygens (including phenoxy) is 1. The standard InChI is InChI=1S/C16H29N3O/c1-5-9-19(11-10-18(2)3)16(13-17)14-7-6-8-15(12-14)20-4/h6-8,12,16H,5,9-11,13,17H2,1-4H3. The average Bonchev–Trinajstić information content (AvgIpc) is 2.45. The summed E-state index contributed by atoms with van der Waals surface area (Å²) in [5, 5.41) is 0. The van der Waals surface area contributed by atoms with Gasteiger partial charge in [0.1, 0.15) is 5.75 Å². The molecule has 114 valence electrons. The maximum absolute atomic E-state index is 6.04. The SMILES string of the molecule is CCCN(CCN(C)C)C(CN)c1cccc(OC)c1. The van der Waals surface area contributed by atoms with Gasteiger partial charge in [0.2, 0.25) is 0 Å². The molecule has 0 aliphatic rings. The number of hydrogen-bond donors (Lipinski definition) is 1. The van der Waals surface area contributed by atoms with Crippen molar-refractivity contribution in [3.05, 3.63) is 29.8 Å². The first-order chi connectivity index (χ1) is 9.62. The first-order valence-corrected chi connectivity index (χ1v) is 7.35. The second kappa shape index (κ2) is 8.95. The smallest absolute Gasteiger partial charge is 0.119 e. The summed E-state index contributed by atoms with van der Waals surface area (Å²) in [5.41, 5.74) is 7.27. The molecule has 1 rings (SSSR count). The van der Waals surface area contributed by atoms with E-state index < -0.39 is 0 Å². The average molecular weight is 279 g/mol. The topological polar surface area (TPSA) is 41.7 Å². The molecule has 4 heteroatoms. The van der Waals surface area contributed by atoms with Crippen molar-refractivity contribution in [2.45, 2.75) is 19.4 Å². The van der Waals surface area contributed by atoms with Gasteiger partial charge in [-0.25, -0.2) is 0 Å². The van der Waals surface area contributed by atoms with Crippen molar-refractivity contribution in [1.29, 1.82) is 0 Å². The van der Waals surface area contributed by atoms with Crippen LogP contribution in [0.4, 0.5) is 0 Å². The molecule has 0 aliphatic heterocycles. The lowest BCUT2D eigenvalue weighted by molar-refractivity contribution is 0.182. The Bertz CT molecular complexity index is 382. The van der Waals surface area contributed by atoms with E-state index in [0.717, 1.165) is 31.8 Å². The Balaban J connectivity index is 2.87. The van der Waals surface area contributed by atoms with E-state index in [9.17, 15) is 0 Å². The molecule has 0 spiro atoms. The molecule has 20 heavy (non-hydrogen) atoms. The van der Waals surface area contributed by atoms with Crippen molar-refractivity contribution < 1.29 is 4.74 Å². The highest BCUT2D eigenvalue weighted by Crippen LogP contribution is 2.23. The fraction of sp³-hybridized carbons (Fsp3) is 0.625. The van der Waals surface area contributed by atoms with E-state index in [1.807, 2.05) is 12.1 Å². The number of nitrogens with two attached hydrogens (primary N) is 1. The number of rotatable bonds is 9. The molecule has 1 aromatic carbocycles. The number of hydrogen-bond acceptors (Lipinski definition) is 4. The van der Waals surface area contributed by atoms with Crippen LogP contribution in [-0.2, 0) is 0 Å². The lowest BCUT2D eigenvalue weighted by atomic mass is 10.0. The molecule has 4 nitrogen and oxygen atoms in total. The zero-order chi connectivity index (χ0) is 15.0. The van der Waals surface area contributed by atoms with Crippen LogP contribution in [-0.4, -0.2) is 57.2 Å². The van der Waals surface area contributed by atoms with Gasteiger partial charge in [-0.05, 0) is 44.8 Å². The summed E-state index contributed by atoms with van der Waals surface area (Å²) in [7, 11) is 5.91. The summed E-state index contributed by atoms with van der Waals surface area (Å²) in [4.78, 5) is 4.68. The molecule has 0 amide bonds. The third-order valence-corrected chi connectivity index (χ3v) is 3.49. The first-order valence-electron chi connectivity index (χ1n) is 7.35. The van der Waals surface area contributed by atoms with Crippen LogP contribution in [0.2, 0.25) is 0 Å². The monoisotopic (exact) mass is 279 g/mol. The zero-order valence-corrected chi connectivity index (χ0v) is 13.3. The van der Waals surface area contributed by atoms with Gasteiger partial charge in [0.15, 0.2) is 0 Å². The number of nitrogens with zero attached hydrogens (tertiary/aromatic N) is 2. The fourth-order valence-electron chi connectivity index (χ4n) is 2.38. The van der Waals surface area contributed by atoms with Crippen molar-refractivity contribution in [3.8, 4) is 5.75 Å². The quantitative estimate of drug-likeness (QED) is 0.750. The van der Waals surface area contributed by atoms with Crippen LogP contribution in [0.5, 0.6) is 5.75 Å². The molecule has 2 N–H and O–H groups in total. The second-order valence-corrected chi connectivity index (χ2v) is 5.37. The molecule has 0 aromatic heterocycles. The summed E-state index contributed by atoms with van der Waals surface area (Å²) in [6.07, 6.45) is 1.13. The Kier molecular flexibility index (Phi) is 7.59. The van der Waals surface area contributed by atoms with Crippen LogP contribution < -0.4 is 10.5 Å². The van der Waals surface area contributed by atoms with Crippen LogP contribution in [0, 0.1) is 0 Å². The van der Waals surface area contributed by atoms with Gasteiger partial charge in [0, 0.05) is 25.7 Å². The lowest BCUT2D eigenvalue weighted by Crippen LogP contribution is -2.38. The van der Waals surface area contributed by atoms with Gasteiger partial charge in [-0.3, -0.25) is 4.90 Å². The van der Waals surface area contributed by atoms with E-state index in [0.29, 0.717) is 6.54 Å². The van der Waals surface area contributed by atoms with Gasteiger partial charge in [0.05, 0.1) is 7.11 Å². The van der Waals surface area contributed by atoms with E-state index in [1.54, 1.807) is 7.11 Å². The van der Waals surface area contributed by atoms with Crippen LogP contribution in [0.15, 0.2) is 24.3 Å². The van der Waals surface area contributed by atoms with Crippen molar-refractivity contribution in [3.63, 3.8) is 0 Å². The fourth-order valence-corrected chi connectivity index (χ4v) is 2.38. The van der Waals surface area contributed by atoms with Gasteiger partial charge in [0.25, 0.3) is 0 Å². The molecule has 0 radical (unpaired) electrons. The van der Waals surface area contributed by atoms with E-state index in [1.165, 1.54) is 5.56 Å². The molecule has 0 saturated carbocycles. The van der Waals surface area contributed by atoms with Crippen molar-refractivity contribution in [1.82, 2.24) is 9.80 Å². The van der Waals surface area contributed by atoms with E-state index in [2.05, 4.69) is 43.0 Å². The summed E-state index contributed by atoms with van der Waals surface area (Å²) < 4.78 is 5.32. The predicted molar refractivity (Wildman–Crippen MR) is 85.2 cm³/mol. The van der Waals surface area contributed by atoms with Crippen molar-refractivity contribution in [2.75, 3.05) is 47.4 Å². The highest BCUT2D eigenvalue weighted by atomic mass is 16.5. The molecular weight excluding hydrogens is 250 g/mol. The summed E-state index contributed by atoms with van der Waals surface area (Å²) in [6.45, 7) is 5.97. The van der Waals surface area contributed by atoms with Crippen LogP contribution >= 0.6 is 0 Å². The summed E-state index contributed by atoms with van der Waals surface area (Å²) in [6, 6.07) is 8.49. The van der Waals surface area contributed by atoms with Gasteiger partial charge >= 0.3 is 0 Å². The minimum absolute atomic E-state index is 0.255. The van der Waals surface area contributed by atoms with E-state index in [-0.39, 0.29) is 6.04 Å². The van der Waals surface area contributed by atoms with Gasteiger partial charge in [-0.1, -0.05) is 19.1 Å². The third kappa shape index (κ3) is 5.12.